The number of rotatable bonds is 2. The summed E-state index contributed by atoms with van der Waals surface area (Å²) in [4.78, 5) is 17.3. The third-order valence-corrected chi connectivity index (χ3v) is 4.45. The third-order valence-electron chi connectivity index (χ3n) is 4.45. The van der Waals surface area contributed by atoms with Crippen molar-refractivity contribution in [2.45, 2.75) is 43.7 Å². The molecule has 1 aliphatic carbocycles. The van der Waals surface area contributed by atoms with Gasteiger partial charge in [0.2, 0.25) is 0 Å². The van der Waals surface area contributed by atoms with Crippen molar-refractivity contribution < 1.29 is 0 Å². The molecule has 0 aromatic carbocycles. The Morgan fingerprint density at radius 2 is 1.94 bits per heavy atom. The zero-order chi connectivity index (χ0) is 12.5. The van der Waals surface area contributed by atoms with Crippen molar-refractivity contribution in [2.75, 3.05) is 13.1 Å². The molecule has 0 amide bonds. The van der Waals surface area contributed by atoms with Gasteiger partial charge in [-0.15, -0.1) is 0 Å². The number of aromatic nitrogens is 1. The Hall–Kier alpha value is -1.13. The molecule has 1 saturated carbocycles. The van der Waals surface area contributed by atoms with Crippen LogP contribution < -0.4 is 11.2 Å². The van der Waals surface area contributed by atoms with Crippen LogP contribution in [-0.4, -0.2) is 35.1 Å². The van der Waals surface area contributed by atoms with Crippen LogP contribution in [0, 0.1) is 0 Å². The molecule has 1 saturated heterocycles. The standard InChI is InChI=1S/C14H21N3O/c15-11-8-17(9-11)12-3-1-10(2-4-12)13-7-16-6-5-14(13)18/h5-7,10-12H,1-4,8-9,15H2,(H,16,18). The van der Waals surface area contributed by atoms with Crippen molar-refractivity contribution in [3.63, 3.8) is 0 Å². The summed E-state index contributed by atoms with van der Waals surface area (Å²) in [5.74, 6) is 0.446. The van der Waals surface area contributed by atoms with Gasteiger partial charge in [-0.2, -0.15) is 0 Å². The fourth-order valence-corrected chi connectivity index (χ4v) is 3.35. The molecule has 0 unspecified atom stereocenters. The van der Waals surface area contributed by atoms with Crippen molar-refractivity contribution >= 4 is 0 Å². The normalized spacial score (nSPS) is 30.1. The van der Waals surface area contributed by atoms with Crippen LogP contribution in [0.5, 0.6) is 0 Å². The SMILES string of the molecule is NC1CN(C2CCC(c3c[nH]ccc3=O)CC2)C1. The molecule has 0 spiro atoms. The van der Waals surface area contributed by atoms with E-state index in [-0.39, 0.29) is 5.43 Å². The van der Waals surface area contributed by atoms with E-state index in [0.29, 0.717) is 18.0 Å². The van der Waals surface area contributed by atoms with Gasteiger partial charge >= 0.3 is 0 Å². The van der Waals surface area contributed by atoms with Crippen LogP contribution in [0.2, 0.25) is 0 Å². The Morgan fingerprint density at radius 3 is 2.56 bits per heavy atom. The molecule has 4 nitrogen and oxygen atoms in total. The van der Waals surface area contributed by atoms with Gasteiger partial charge in [0, 0.05) is 49.2 Å². The van der Waals surface area contributed by atoms with Gasteiger partial charge in [0.25, 0.3) is 0 Å². The summed E-state index contributed by atoms with van der Waals surface area (Å²) in [7, 11) is 0. The molecule has 2 fully saturated rings. The van der Waals surface area contributed by atoms with Gasteiger partial charge in [-0.05, 0) is 31.6 Å². The first-order valence-corrected chi connectivity index (χ1v) is 6.90. The lowest BCUT2D eigenvalue weighted by Crippen LogP contribution is -2.59. The summed E-state index contributed by atoms with van der Waals surface area (Å²) in [6, 6.07) is 2.72. The predicted molar refractivity (Wildman–Crippen MR) is 71.6 cm³/mol. The summed E-state index contributed by atoms with van der Waals surface area (Å²) in [5.41, 5.74) is 6.98. The quantitative estimate of drug-likeness (QED) is 0.821. The molecular weight excluding hydrogens is 226 g/mol. The molecule has 3 N–H and O–H groups in total. The van der Waals surface area contributed by atoms with E-state index in [4.69, 9.17) is 5.73 Å². The van der Waals surface area contributed by atoms with Crippen LogP contribution in [-0.2, 0) is 0 Å². The lowest BCUT2D eigenvalue weighted by Gasteiger charge is -2.45. The second kappa shape index (κ2) is 4.86. The van der Waals surface area contributed by atoms with Gasteiger partial charge in [0.15, 0.2) is 5.43 Å². The predicted octanol–water partition coefficient (Wildman–Crippen LogP) is 1.04. The maximum Gasteiger partial charge on any atom is 0.184 e. The zero-order valence-corrected chi connectivity index (χ0v) is 10.6. The average Bonchev–Trinajstić information content (AvgIpc) is 2.36. The topological polar surface area (TPSA) is 62.1 Å². The Labute approximate surface area is 107 Å². The van der Waals surface area contributed by atoms with Crippen LogP contribution in [0.4, 0.5) is 0 Å². The minimum Gasteiger partial charge on any atom is -0.367 e. The van der Waals surface area contributed by atoms with E-state index < -0.39 is 0 Å². The minimum absolute atomic E-state index is 0.183. The molecule has 3 rings (SSSR count). The number of aromatic amines is 1. The Kier molecular flexibility index (Phi) is 3.22. The van der Waals surface area contributed by atoms with E-state index in [0.717, 1.165) is 31.5 Å². The maximum atomic E-state index is 11.8. The summed E-state index contributed by atoms with van der Waals surface area (Å²) < 4.78 is 0. The number of likely N-dealkylation sites (tertiary alicyclic amines) is 1. The van der Waals surface area contributed by atoms with Crippen LogP contribution in [0.15, 0.2) is 23.3 Å². The third kappa shape index (κ3) is 2.22. The molecule has 1 aromatic rings. The summed E-state index contributed by atoms with van der Waals surface area (Å²) in [6.45, 7) is 2.11. The highest BCUT2D eigenvalue weighted by Gasteiger charge is 2.33. The molecule has 98 valence electrons. The van der Waals surface area contributed by atoms with Crippen molar-refractivity contribution in [1.82, 2.24) is 9.88 Å². The molecular formula is C14H21N3O. The molecule has 2 aliphatic rings. The number of hydrogen-bond donors (Lipinski definition) is 2. The zero-order valence-electron chi connectivity index (χ0n) is 10.6. The van der Waals surface area contributed by atoms with Gasteiger partial charge in [0.1, 0.15) is 0 Å². The van der Waals surface area contributed by atoms with E-state index in [1.165, 1.54) is 12.8 Å². The molecule has 0 bridgehead atoms. The van der Waals surface area contributed by atoms with Crippen LogP contribution >= 0.6 is 0 Å². The maximum absolute atomic E-state index is 11.8. The first-order valence-electron chi connectivity index (χ1n) is 6.90. The largest absolute Gasteiger partial charge is 0.367 e. The lowest BCUT2D eigenvalue weighted by atomic mass is 9.81. The van der Waals surface area contributed by atoms with Crippen LogP contribution in [0.25, 0.3) is 0 Å². The van der Waals surface area contributed by atoms with E-state index in [1.807, 2.05) is 6.20 Å². The number of nitrogens with one attached hydrogen (secondary N) is 1. The minimum atomic E-state index is 0.183. The van der Waals surface area contributed by atoms with Crippen molar-refractivity contribution in [3.8, 4) is 0 Å². The fraction of sp³-hybridized carbons (Fsp3) is 0.643. The molecule has 1 aliphatic heterocycles. The van der Waals surface area contributed by atoms with Gasteiger partial charge in [-0.3, -0.25) is 9.69 Å². The van der Waals surface area contributed by atoms with E-state index in [1.54, 1.807) is 12.3 Å². The molecule has 18 heavy (non-hydrogen) atoms. The first-order chi connectivity index (χ1) is 8.74. The van der Waals surface area contributed by atoms with Crippen molar-refractivity contribution in [1.29, 1.82) is 0 Å². The van der Waals surface area contributed by atoms with Gasteiger partial charge in [-0.1, -0.05) is 0 Å². The van der Waals surface area contributed by atoms with E-state index in [9.17, 15) is 4.79 Å². The molecule has 0 atom stereocenters. The molecule has 2 heterocycles. The highest BCUT2D eigenvalue weighted by Crippen LogP contribution is 2.34. The average molecular weight is 247 g/mol. The Bertz CT molecular complexity index is 456. The number of nitrogens with two attached hydrogens (primary N) is 1. The van der Waals surface area contributed by atoms with Gasteiger partial charge in [-0.25, -0.2) is 0 Å². The number of nitrogens with zero attached hydrogens (tertiary/aromatic N) is 1. The van der Waals surface area contributed by atoms with Crippen molar-refractivity contribution in [2.24, 2.45) is 5.73 Å². The van der Waals surface area contributed by atoms with Crippen molar-refractivity contribution in [3.05, 3.63) is 34.2 Å². The summed E-state index contributed by atoms with van der Waals surface area (Å²) in [6.07, 6.45) is 8.25. The smallest absolute Gasteiger partial charge is 0.184 e. The number of H-pyrrole nitrogens is 1. The fourth-order valence-electron chi connectivity index (χ4n) is 3.35. The van der Waals surface area contributed by atoms with E-state index in [2.05, 4.69) is 9.88 Å². The molecule has 1 aromatic heterocycles. The second-order valence-corrected chi connectivity index (χ2v) is 5.68. The molecule has 0 radical (unpaired) electrons. The van der Waals surface area contributed by atoms with E-state index >= 15 is 0 Å². The molecule has 4 heteroatoms. The van der Waals surface area contributed by atoms with Gasteiger partial charge < -0.3 is 10.7 Å². The lowest BCUT2D eigenvalue weighted by molar-refractivity contribution is 0.0678. The van der Waals surface area contributed by atoms with Crippen LogP contribution in [0.1, 0.15) is 37.2 Å². The highest BCUT2D eigenvalue weighted by atomic mass is 16.1. The summed E-state index contributed by atoms with van der Waals surface area (Å²) >= 11 is 0. The Balaban J connectivity index is 1.60. The highest BCUT2D eigenvalue weighted by molar-refractivity contribution is 5.16. The monoisotopic (exact) mass is 247 g/mol. The first kappa shape index (κ1) is 11.9. The number of hydrogen-bond acceptors (Lipinski definition) is 3. The second-order valence-electron chi connectivity index (χ2n) is 5.68. The Morgan fingerprint density at radius 1 is 1.22 bits per heavy atom. The van der Waals surface area contributed by atoms with Crippen LogP contribution in [0.3, 0.4) is 0 Å². The summed E-state index contributed by atoms with van der Waals surface area (Å²) in [5, 5.41) is 0. The van der Waals surface area contributed by atoms with Gasteiger partial charge in [0.05, 0.1) is 0 Å². The number of pyridine rings is 1.